The molecule has 0 heterocycles. The maximum atomic E-state index is 11.7. The smallest absolute Gasteiger partial charge is 0.412 e. The van der Waals surface area contributed by atoms with E-state index in [1.807, 2.05) is 0 Å². The number of nitrogens with one attached hydrogen (secondary N) is 2. The molecular weight excluding hydrogens is 300 g/mol. The molecule has 1 aromatic carbocycles. The van der Waals surface area contributed by atoms with E-state index in [4.69, 9.17) is 9.47 Å². The van der Waals surface area contributed by atoms with Crippen LogP contribution >= 0.6 is 0 Å². The van der Waals surface area contributed by atoms with E-state index < -0.39 is 23.4 Å². The molecule has 0 fully saturated rings. The lowest BCUT2D eigenvalue weighted by Crippen LogP contribution is -2.28. The van der Waals surface area contributed by atoms with E-state index in [2.05, 4.69) is 10.6 Å². The van der Waals surface area contributed by atoms with Crippen LogP contribution in [0.1, 0.15) is 41.5 Å². The van der Waals surface area contributed by atoms with Crippen LogP contribution in [0.25, 0.3) is 0 Å². The minimum Gasteiger partial charge on any atom is -0.506 e. The minimum atomic E-state index is -0.706. The van der Waals surface area contributed by atoms with E-state index in [1.54, 1.807) is 41.5 Å². The number of hydrogen-bond donors (Lipinski definition) is 3. The summed E-state index contributed by atoms with van der Waals surface area (Å²) < 4.78 is 10.2. The number of ether oxygens (including phenoxy) is 2. The van der Waals surface area contributed by atoms with Crippen molar-refractivity contribution < 1.29 is 24.2 Å². The SMILES string of the molecule is CC(C)(C)OC(=O)Nc1ccc(O)c(NC(=O)OC(C)(C)C)c1. The summed E-state index contributed by atoms with van der Waals surface area (Å²) in [5.41, 5.74) is -0.805. The van der Waals surface area contributed by atoms with Gasteiger partial charge in [-0.2, -0.15) is 0 Å². The van der Waals surface area contributed by atoms with Gasteiger partial charge in [-0.15, -0.1) is 0 Å². The Morgan fingerprint density at radius 2 is 1.39 bits per heavy atom. The van der Waals surface area contributed by atoms with Crippen molar-refractivity contribution in [2.24, 2.45) is 0 Å². The second kappa shape index (κ2) is 6.76. The van der Waals surface area contributed by atoms with Crippen molar-refractivity contribution in [1.29, 1.82) is 0 Å². The first-order chi connectivity index (χ1) is 10.4. The van der Waals surface area contributed by atoms with E-state index >= 15 is 0 Å². The highest BCUT2D eigenvalue weighted by Crippen LogP contribution is 2.27. The Morgan fingerprint density at radius 1 is 0.913 bits per heavy atom. The zero-order valence-electron chi connectivity index (χ0n) is 14.3. The quantitative estimate of drug-likeness (QED) is 0.562. The Kier molecular flexibility index (Phi) is 5.47. The molecule has 1 rings (SSSR count). The molecule has 0 aliphatic rings. The molecular formula is C16H24N2O5. The number of benzene rings is 1. The molecule has 0 spiro atoms. The molecule has 0 aliphatic heterocycles. The van der Waals surface area contributed by atoms with Gasteiger partial charge < -0.3 is 14.6 Å². The standard InChI is InChI=1S/C16H24N2O5/c1-15(2,3)22-13(20)17-10-7-8-12(19)11(9-10)18-14(21)23-16(4,5)6/h7-9,19H,1-6H3,(H,17,20)(H,18,21). The van der Waals surface area contributed by atoms with Crippen LogP contribution in [0.3, 0.4) is 0 Å². The van der Waals surface area contributed by atoms with Crippen LogP contribution in [0.15, 0.2) is 18.2 Å². The van der Waals surface area contributed by atoms with Gasteiger partial charge in [0.1, 0.15) is 17.0 Å². The first-order valence-electron chi connectivity index (χ1n) is 7.19. The summed E-state index contributed by atoms with van der Waals surface area (Å²) in [4.78, 5) is 23.5. The first-order valence-corrected chi connectivity index (χ1v) is 7.19. The van der Waals surface area contributed by atoms with Gasteiger partial charge in [0.25, 0.3) is 0 Å². The largest absolute Gasteiger partial charge is 0.506 e. The maximum Gasteiger partial charge on any atom is 0.412 e. The Labute approximate surface area is 136 Å². The van der Waals surface area contributed by atoms with Gasteiger partial charge in [0.05, 0.1) is 5.69 Å². The predicted molar refractivity (Wildman–Crippen MR) is 87.8 cm³/mol. The number of rotatable bonds is 2. The number of carbonyl (C=O) groups is 2. The summed E-state index contributed by atoms with van der Waals surface area (Å²) in [6, 6.07) is 4.24. The van der Waals surface area contributed by atoms with Crippen molar-refractivity contribution in [3.05, 3.63) is 18.2 Å². The zero-order chi connectivity index (χ0) is 17.8. The molecule has 0 aliphatic carbocycles. The van der Waals surface area contributed by atoms with Crippen molar-refractivity contribution in [3.63, 3.8) is 0 Å². The number of anilines is 2. The minimum absolute atomic E-state index is 0.118. The molecule has 23 heavy (non-hydrogen) atoms. The predicted octanol–water partition coefficient (Wildman–Crippen LogP) is 4.09. The van der Waals surface area contributed by atoms with Gasteiger partial charge in [-0.3, -0.25) is 10.6 Å². The molecule has 3 N–H and O–H groups in total. The lowest BCUT2D eigenvalue weighted by atomic mass is 10.2. The number of carbonyl (C=O) groups excluding carboxylic acids is 2. The second-order valence-corrected chi connectivity index (χ2v) is 6.99. The molecule has 0 saturated heterocycles. The Bertz CT molecular complexity index is 585. The molecule has 2 amide bonds. The normalized spacial score (nSPS) is 11.6. The van der Waals surface area contributed by atoms with Crippen LogP contribution in [0.2, 0.25) is 0 Å². The van der Waals surface area contributed by atoms with Crippen LogP contribution in [0, 0.1) is 0 Å². The molecule has 0 aromatic heterocycles. The fourth-order valence-corrected chi connectivity index (χ4v) is 1.55. The molecule has 7 heteroatoms. The Hall–Kier alpha value is -2.44. The van der Waals surface area contributed by atoms with Gasteiger partial charge >= 0.3 is 12.2 Å². The van der Waals surface area contributed by atoms with Gasteiger partial charge in [-0.1, -0.05) is 0 Å². The third-order valence-corrected chi connectivity index (χ3v) is 2.28. The van der Waals surface area contributed by atoms with Crippen LogP contribution < -0.4 is 10.6 Å². The van der Waals surface area contributed by atoms with E-state index in [1.165, 1.54) is 18.2 Å². The summed E-state index contributed by atoms with van der Waals surface area (Å²) >= 11 is 0. The zero-order valence-corrected chi connectivity index (χ0v) is 14.3. The molecule has 7 nitrogen and oxygen atoms in total. The molecule has 0 saturated carbocycles. The highest BCUT2D eigenvalue weighted by atomic mass is 16.6. The van der Waals surface area contributed by atoms with E-state index in [-0.39, 0.29) is 11.4 Å². The summed E-state index contributed by atoms with van der Waals surface area (Å²) in [6.07, 6.45) is -1.34. The van der Waals surface area contributed by atoms with E-state index in [0.717, 1.165) is 0 Å². The highest BCUT2D eigenvalue weighted by molar-refractivity contribution is 5.90. The average molecular weight is 324 g/mol. The number of aromatic hydroxyl groups is 1. The number of amides is 2. The molecule has 0 radical (unpaired) electrons. The number of phenolic OH excluding ortho intramolecular Hbond substituents is 1. The summed E-state index contributed by atoms with van der Waals surface area (Å²) in [7, 11) is 0. The third-order valence-electron chi connectivity index (χ3n) is 2.28. The molecule has 0 atom stereocenters. The van der Waals surface area contributed by atoms with Crippen LogP contribution in [0.5, 0.6) is 5.75 Å². The van der Waals surface area contributed by atoms with Gasteiger partial charge in [-0.05, 0) is 59.7 Å². The van der Waals surface area contributed by atoms with Crippen LogP contribution in [-0.2, 0) is 9.47 Å². The number of phenols is 1. The van der Waals surface area contributed by atoms with Crippen LogP contribution in [-0.4, -0.2) is 28.5 Å². The van der Waals surface area contributed by atoms with E-state index in [0.29, 0.717) is 5.69 Å². The number of hydrogen-bond acceptors (Lipinski definition) is 5. The highest BCUT2D eigenvalue weighted by Gasteiger charge is 2.19. The average Bonchev–Trinajstić information content (AvgIpc) is 2.28. The van der Waals surface area contributed by atoms with Gasteiger partial charge in [-0.25, -0.2) is 9.59 Å². The fraction of sp³-hybridized carbons (Fsp3) is 0.500. The molecule has 0 bridgehead atoms. The topological polar surface area (TPSA) is 96.9 Å². The summed E-state index contributed by atoms with van der Waals surface area (Å²) in [5, 5.41) is 14.7. The molecule has 128 valence electrons. The Morgan fingerprint density at radius 3 is 1.87 bits per heavy atom. The second-order valence-electron chi connectivity index (χ2n) is 6.99. The third kappa shape index (κ3) is 7.39. The Balaban J connectivity index is 2.79. The lowest BCUT2D eigenvalue weighted by molar-refractivity contribution is 0.0625. The maximum absolute atomic E-state index is 11.7. The van der Waals surface area contributed by atoms with Gasteiger partial charge in [0.15, 0.2) is 0 Å². The lowest BCUT2D eigenvalue weighted by Gasteiger charge is -2.21. The molecule has 0 unspecified atom stereocenters. The summed E-state index contributed by atoms with van der Waals surface area (Å²) in [6.45, 7) is 10.4. The molecule has 1 aromatic rings. The monoisotopic (exact) mass is 324 g/mol. The van der Waals surface area contributed by atoms with Crippen molar-refractivity contribution in [2.45, 2.75) is 52.7 Å². The van der Waals surface area contributed by atoms with Gasteiger partial charge in [0, 0.05) is 5.69 Å². The van der Waals surface area contributed by atoms with Crippen LogP contribution in [0.4, 0.5) is 21.0 Å². The van der Waals surface area contributed by atoms with Crippen molar-refractivity contribution in [1.82, 2.24) is 0 Å². The first kappa shape index (κ1) is 18.6. The summed E-state index contributed by atoms with van der Waals surface area (Å²) in [5.74, 6) is -0.148. The van der Waals surface area contributed by atoms with Crippen molar-refractivity contribution in [3.8, 4) is 5.75 Å². The fourth-order valence-electron chi connectivity index (χ4n) is 1.55. The van der Waals surface area contributed by atoms with Crippen molar-refractivity contribution >= 4 is 23.6 Å². The van der Waals surface area contributed by atoms with E-state index in [9.17, 15) is 14.7 Å². The van der Waals surface area contributed by atoms with Crippen molar-refractivity contribution in [2.75, 3.05) is 10.6 Å². The van der Waals surface area contributed by atoms with Gasteiger partial charge in [0.2, 0.25) is 0 Å².